The van der Waals surface area contributed by atoms with Gasteiger partial charge in [-0.2, -0.15) is 10.5 Å². The van der Waals surface area contributed by atoms with Gasteiger partial charge in [-0.1, -0.05) is 54.6 Å². The second kappa shape index (κ2) is 5.49. The van der Waals surface area contributed by atoms with Crippen LogP contribution >= 0.6 is 0 Å². The Morgan fingerprint density at radius 2 is 1.43 bits per heavy atom. The first-order valence-corrected chi connectivity index (χ1v) is 6.72. The number of fused-ring (bicyclic) bond motifs is 1. The maximum absolute atomic E-state index is 9.53. The molecular formula is C19H12N2. The monoisotopic (exact) mass is 268 g/mol. The predicted molar refractivity (Wildman–Crippen MR) is 82.6 cm³/mol. The van der Waals surface area contributed by atoms with Crippen LogP contribution in [0.25, 0.3) is 10.8 Å². The third kappa shape index (κ3) is 2.36. The van der Waals surface area contributed by atoms with Gasteiger partial charge in [0.25, 0.3) is 0 Å². The number of hydrogen-bond acceptors (Lipinski definition) is 2. The van der Waals surface area contributed by atoms with Crippen molar-refractivity contribution in [1.29, 1.82) is 10.5 Å². The van der Waals surface area contributed by atoms with Crippen molar-refractivity contribution in [2.24, 2.45) is 0 Å². The Hall–Kier alpha value is -3.10. The van der Waals surface area contributed by atoms with Crippen molar-refractivity contribution in [3.63, 3.8) is 0 Å². The Bertz CT molecular complexity index is 881. The van der Waals surface area contributed by atoms with Gasteiger partial charge in [-0.15, -0.1) is 0 Å². The van der Waals surface area contributed by atoms with Crippen LogP contribution in [0.2, 0.25) is 0 Å². The minimum absolute atomic E-state index is 0.621. The Morgan fingerprint density at radius 3 is 2.10 bits per heavy atom. The summed E-state index contributed by atoms with van der Waals surface area (Å²) in [5.41, 5.74) is 3.32. The highest BCUT2D eigenvalue weighted by Crippen LogP contribution is 2.27. The van der Waals surface area contributed by atoms with E-state index >= 15 is 0 Å². The first-order chi connectivity index (χ1) is 10.3. The van der Waals surface area contributed by atoms with Crippen LogP contribution in [0.5, 0.6) is 0 Å². The third-order valence-electron chi connectivity index (χ3n) is 3.60. The van der Waals surface area contributed by atoms with E-state index in [-0.39, 0.29) is 0 Å². The van der Waals surface area contributed by atoms with Crippen LogP contribution in [0.15, 0.2) is 60.7 Å². The van der Waals surface area contributed by atoms with Gasteiger partial charge < -0.3 is 0 Å². The molecule has 0 saturated carbocycles. The minimum Gasteiger partial charge on any atom is -0.192 e. The molecule has 3 rings (SSSR count). The smallest absolute Gasteiger partial charge is 0.100 e. The molecule has 0 unspecified atom stereocenters. The zero-order valence-electron chi connectivity index (χ0n) is 11.4. The van der Waals surface area contributed by atoms with Crippen molar-refractivity contribution in [3.8, 4) is 12.1 Å². The molecule has 0 bridgehead atoms. The first-order valence-electron chi connectivity index (χ1n) is 6.72. The van der Waals surface area contributed by atoms with Crippen LogP contribution in [0.4, 0.5) is 0 Å². The number of nitrogens with zero attached hydrogens (tertiary/aromatic N) is 2. The molecule has 0 fully saturated rings. The average molecular weight is 268 g/mol. The summed E-state index contributed by atoms with van der Waals surface area (Å²) in [5, 5.41) is 20.6. The summed E-state index contributed by atoms with van der Waals surface area (Å²) in [5.74, 6) is 0. The molecule has 3 aromatic carbocycles. The normalized spacial score (nSPS) is 10.0. The summed E-state index contributed by atoms with van der Waals surface area (Å²) in [7, 11) is 0. The summed E-state index contributed by atoms with van der Waals surface area (Å²) >= 11 is 0. The standard InChI is InChI=1S/C19H12N2/c20-12-16-11-15(10-14-6-2-1-3-7-14)19(13-21)18-9-5-4-8-17(16)18/h1-9,11H,10H2. The fraction of sp³-hybridized carbons (Fsp3) is 0.0526. The molecule has 0 aliphatic rings. The summed E-state index contributed by atoms with van der Waals surface area (Å²) in [6.45, 7) is 0. The molecule has 0 aliphatic carbocycles. The van der Waals surface area contributed by atoms with E-state index in [9.17, 15) is 10.5 Å². The quantitative estimate of drug-likeness (QED) is 0.700. The highest BCUT2D eigenvalue weighted by molar-refractivity contribution is 5.93. The maximum Gasteiger partial charge on any atom is 0.100 e. The molecular weight excluding hydrogens is 256 g/mol. The van der Waals surface area contributed by atoms with Crippen LogP contribution in [0, 0.1) is 22.7 Å². The molecule has 0 N–H and O–H groups in total. The van der Waals surface area contributed by atoms with Crippen molar-refractivity contribution in [2.75, 3.05) is 0 Å². The molecule has 0 aliphatic heterocycles. The van der Waals surface area contributed by atoms with E-state index in [1.54, 1.807) is 0 Å². The van der Waals surface area contributed by atoms with E-state index in [0.717, 1.165) is 21.9 Å². The molecule has 3 aromatic rings. The van der Waals surface area contributed by atoms with Gasteiger partial charge in [0, 0.05) is 10.8 Å². The van der Waals surface area contributed by atoms with Crippen LogP contribution in [0.3, 0.4) is 0 Å². The van der Waals surface area contributed by atoms with Gasteiger partial charge in [-0.25, -0.2) is 0 Å². The third-order valence-corrected chi connectivity index (χ3v) is 3.60. The Kier molecular flexibility index (Phi) is 3.37. The lowest BCUT2D eigenvalue weighted by atomic mass is 9.92. The highest BCUT2D eigenvalue weighted by atomic mass is 14.3. The van der Waals surface area contributed by atoms with Crippen LogP contribution in [-0.4, -0.2) is 0 Å². The molecule has 0 atom stereocenters. The lowest BCUT2D eigenvalue weighted by Crippen LogP contribution is -1.96. The molecule has 0 aromatic heterocycles. The zero-order chi connectivity index (χ0) is 14.7. The Morgan fingerprint density at radius 1 is 0.762 bits per heavy atom. The van der Waals surface area contributed by atoms with Gasteiger partial charge in [0.15, 0.2) is 0 Å². The number of hydrogen-bond donors (Lipinski definition) is 0. The molecule has 2 nitrogen and oxygen atoms in total. The molecule has 0 saturated heterocycles. The molecule has 21 heavy (non-hydrogen) atoms. The second-order valence-corrected chi connectivity index (χ2v) is 4.89. The fourth-order valence-corrected chi connectivity index (χ4v) is 2.61. The van der Waals surface area contributed by atoms with Crippen LogP contribution < -0.4 is 0 Å². The molecule has 0 heterocycles. The van der Waals surface area contributed by atoms with E-state index in [1.165, 1.54) is 0 Å². The number of rotatable bonds is 2. The van der Waals surface area contributed by atoms with E-state index in [2.05, 4.69) is 12.1 Å². The summed E-state index contributed by atoms with van der Waals surface area (Å²) in [6, 6.07) is 24.0. The zero-order valence-corrected chi connectivity index (χ0v) is 11.4. The summed E-state index contributed by atoms with van der Waals surface area (Å²) in [4.78, 5) is 0. The molecule has 0 radical (unpaired) electrons. The summed E-state index contributed by atoms with van der Waals surface area (Å²) < 4.78 is 0. The Labute approximate surface area is 123 Å². The van der Waals surface area contributed by atoms with E-state index in [4.69, 9.17) is 0 Å². The van der Waals surface area contributed by atoms with E-state index in [1.807, 2.05) is 60.7 Å². The van der Waals surface area contributed by atoms with Crippen molar-refractivity contribution in [2.45, 2.75) is 6.42 Å². The average Bonchev–Trinajstić information content (AvgIpc) is 2.55. The SMILES string of the molecule is N#Cc1cc(Cc2ccccc2)c(C#N)c2ccccc12. The van der Waals surface area contributed by atoms with E-state index in [0.29, 0.717) is 17.5 Å². The fourth-order valence-electron chi connectivity index (χ4n) is 2.61. The van der Waals surface area contributed by atoms with E-state index < -0.39 is 0 Å². The van der Waals surface area contributed by atoms with Crippen molar-refractivity contribution in [1.82, 2.24) is 0 Å². The van der Waals surface area contributed by atoms with Crippen molar-refractivity contribution < 1.29 is 0 Å². The number of benzene rings is 3. The van der Waals surface area contributed by atoms with Crippen LogP contribution in [-0.2, 0) is 6.42 Å². The molecule has 98 valence electrons. The first kappa shape index (κ1) is 12.9. The lowest BCUT2D eigenvalue weighted by Gasteiger charge is -2.09. The molecule has 0 amide bonds. The lowest BCUT2D eigenvalue weighted by molar-refractivity contribution is 1.18. The predicted octanol–water partition coefficient (Wildman–Crippen LogP) is 4.17. The highest BCUT2D eigenvalue weighted by Gasteiger charge is 2.12. The van der Waals surface area contributed by atoms with Crippen molar-refractivity contribution in [3.05, 3.63) is 82.9 Å². The molecule has 2 heteroatoms. The Balaban J connectivity index is 2.24. The largest absolute Gasteiger partial charge is 0.192 e. The second-order valence-electron chi connectivity index (χ2n) is 4.89. The van der Waals surface area contributed by atoms with Crippen molar-refractivity contribution >= 4 is 10.8 Å². The molecule has 0 spiro atoms. The van der Waals surface area contributed by atoms with Crippen LogP contribution in [0.1, 0.15) is 22.3 Å². The van der Waals surface area contributed by atoms with Gasteiger partial charge in [0.1, 0.15) is 6.07 Å². The number of nitriles is 2. The topological polar surface area (TPSA) is 47.6 Å². The van der Waals surface area contributed by atoms with Gasteiger partial charge in [-0.05, 0) is 23.6 Å². The van der Waals surface area contributed by atoms with Gasteiger partial charge in [0.05, 0.1) is 17.2 Å². The van der Waals surface area contributed by atoms with Gasteiger partial charge >= 0.3 is 0 Å². The van der Waals surface area contributed by atoms with Gasteiger partial charge in [0.2, 0.25) is 0 Å². The minimum atomic E-state index is 0.621. The van der Waals surface area contributed by atoms with Gasteiger partial charge in [-0.3, -0.25) is 0 Å². The summed E-state index contributed by atoms with van der Waals surface area (Å²) in [6.07, 6.45) is 0.656. The maximum atomic E-state index is 9.53.